The lowest BCUT2D eigenvalue weighted by atomic mass is 10.0. The molecule has 1 aromatic heterocycles. The highest BCUT2D eigenvalue weighted by atomic mass is 16.5. The first-order valence-electron chi connectivity index (χ1n) is 6.78. The molecule has 0 spiro atoms. The van der Waals surface area contributed by atoms with Gasteiger partial charge in [-0.2, -0.15) is 0 Å². The largest absolute Gasteiger partial charge is 0.497 e. The summed E-state index contributed by atoms with van der Waals surface area (Å²) in [4.78, 5) is 5.91. The van der Waals surface area contributed by atoms with Gasteiger partial charge in [0, 0.05) is 48.3 Å². The van der Waals surface area contributed by atoms with Crippen molar-refractivity contribution in [3.63, 3.8) is 0 Å². The summed E-state index contributed by atoms with van der Waals surface area (Å²) in [6, 6.07) is 6.71. The van der Waals surface area contributed by atoms with E-state index in [0.717, 1.165) is 30.9 Å². The normalized spacial score (nSPS) is 20.9. The molecule has 0 bridgehead atoms. The summed E-state index contributed by atoms with van der Waals surface area (Å²) < 4.78 is 5.30. The van der Waals surface area contributed by atoms with Crippen molar-refractivity contribution in [2.24, 2.45) is 0 Å². The van der Waals surface area contributed by atoms with Gasteiger partial charge in [0.25, 0.3) is 0 Å². The number of rotatable bonds is 2. The molecule has 1 atom stereocenters. The van der Waals surface area contributed by atoms with E-state index in [-0.39, 0.29) is 0 Å². The van der Waals surface area contributed by atoms with Crippen LogP contribution in [0.15, 0.2) is 18.2 Å². The summed E-state index contributed by atoms with van der Waals surface area (Å²) in [5.41, 5.74) is 3.82. The van der Waals surface area contributed by atoms with Crippen LogP contribution < -0.4 is 10.1 Å². The molecule has 2 aromatic rings. The molecule has 0 saturated carbocycles. The number of nitrogens with one attached hydrogen (secondary N) is 2. The van der Waals surface area contributed by atoms with Gasteiger partial charge in [0.2, 0.25) is 0 Å². The molecule has 0 radical (unpaired) electrons. The van der Waals surface area contributed by atoms with E-state index in [4.69, 9.17) is 4.74 Å². The zero-order valence-electron chi connectivity index (χ0n) is 11.8. The number of hydrogen-bond acceptors (Lipinski definition) is 3. The monoisotopic (exact) mass is 259 g/mol. The summed E-state index contributed by atoms with van der Waals surface area (Å²) >= 11 is 0. The van der Waals surface area contributed by atoms with Crippen LogP contribution in [0.3, 0.4) is 0 Å². The second-order valence-corrected chi connectivity index (χ2v) is 5.28. The van der Waals surface area contributed by atoms with Gasteiger partial charge < -0.3 is 15.0 Å². The molecule has 1 aliphatic rings. The minimum Gasteiger partial charge on any atom is -0.497 e. The lowest BCUT2D eigenvalue weighted by Crippen LogP contribution is -2.43. The summed E-state index contributed by atoms with van der Waals surface area (Å²) in [7, 11) is 3.91. The SMILES string of the molecule is COc1ccc2c(C3CNCCN3C)c(C)[nH]c2c1. The molecule has 3 rings (SSSR count). The maximum atomic E-state index is 5.30. The molecule has 4 heteroatoms. The standard InChI is InChI=1S/C15H21N3O/c1-10-15(14-9-16-6-7-18(14)2)12-5-4-11(19-3)8-13(12)17-10/h4-5,8,14,16-17H,6-7,9H2,1-3H3. The number of aryl methyl sites for hydroxylation is 1. The lowest BCUT2D eigenvalue weighted by molar-refractivity contribution is 0.203. The quantitative estimate of drug-likeness (QED) is 0.867. The average Bonchev–Trinajstić information content (AvgIpc) is 2.74. The highest BCUT2D eigenvalue weighted by molar-refractivity contribution is 5.86. The number of ether oxygens (including phenoxy) is 1. The van der Waals surface area contributed by atoms with E-state index in [9.17, 15) is 0 Å². The first-order valence-corrected chi connectivity index (χ1v) is 6.78. The van der Waals surface area contributed by atoms with E-state index in [1.807, 2.05) is 6.07 Å². The Kier molecular flexibility index (Phi) is 3.21. The molecule has 2 heterocycles. The number of piperazine rings is 1. The van der Waals surface area contributed by atoms with Gasteiger partial charge in [-0.3, -0.25) is 4.90 Å². The molecule has 1 unspecified atom stereocenters. The third-order valence-electron chi connectivity index (χ3n) is 4.09. The van der Waals surface area contributed by atoms with Crippen LogP contribution >= 0.6 is 0 Å². The third kappa shape index (κ3) is 2.11. The number of aromatic amines is 1. The minimum absolute atomic E-state index is 0.441. The molecular formula is C15H21N3O. The van der Waals surface area contributed by atoms with E-state index in [0.29, 0.717) is 6.04 Å². The Morgan fingerprint density at radius 1 is 1.37 bits per heavy atom. The molecule has 2 N–H and O–H groups in total. The van der Waals surface area contributed by atoms with Crippen LogP contribution in [0.4, 0.5) is 0 Å². The Balaban J connectivity index is 2.09. The molecule has 19 heavy (non-hydrogen) atoms. The highest BCUT2D eigenvalue weighted by Crippen LogP contribution is 2.33. The number of benzene rings is 1. The summed E-state index contributed by atoms with van der Waals surface area (Å²) in [5.74, 6) is 0.899. The number of aromatic nitrogens is 1. The lowest BCUT2D eigenvalue weighted by Gasteiger charge is -2.33. The fourth-order valence-corrected chi connectivity index (χ4v) is 3.02. The second kappa shape index (κ2) is 4.87. The summed E-state index contributed by atoms with van der Waals surface area (Å²) in [6.07, 6.45) is 0. The van der Waals surface area contributed by atoms with E-state index < -0.39 is 0 Å². The highest BCUT2D eigenvalue weighted by Gasteiger charge is 2.25. The van der Waals surface area contributed by atoms with Crippen molar-refractivity contribution in [3.05, 3.63) is 29.5 Å². The van der Waals surface area contributed by atoms with Gasteiger partial charge in [0.15, 0.2) is 0 Å². The van der Waals surface area contributed by atoms with E-state index >= 15 is 0 Å². The molecular weight excluding hydrogens is 238 g/mol. The van der Waals surface area contributed by atoms with E-state index in [1.165, 1.54) is 16.6 Å². The van der Waals surface area contributed by atoms with Crippen molar-refractivity contribution in [1.29, 1.82) is 0 Å². The third-order valence-corrected chi connectivity index (χ3v) is 4.09. The number of hydrogen-bond donors (Lipinski definition) is 2. The Bertz CT molecular complexity index is 590. The molecule has 102 valence electrons. The molecule has 0 aliphatic carbocycles. The first-order chi connectivity index (χ1) is 9.20. The van der Waals surface area contributed by atoms with E-state index in [2.05, 4.69) is 41.3 Å². The van der Waals surface area contributed by atoms with Gasteiger partial charge in [-0.25, -0.2) is 0 Å². The topological polar surface area (TPSA) is 40.3 Å². The maximum Gasteiger partial charge on any atom is 0.120 e. The number of methoxy groups -OCH3 is 1. The molecule has 1 aromatic carbocycles. The van der Waals surface area contributed by atoms with Crippen LogP contribution in [0.1, 0.15) is 17.3 Å². The second-order valence-electron chi connectivity index (χ2n) is 5.28. The van der Waals surface area contributed by atoms with Gasteiger partial charge in [0.05, 0.1) is 7.11 Å². The Labute approximate surface area is 113 Å². The van der Waals surface area contributed by atoms with Gasteiger partial charge in [-0.1, -0.05) is 0 Å². The molecule has 1 saturated heterocycles. The average molecular weight is 259 g/mol. The smallest absolute Gasteiger partial charge is 0.120 e. The maximum absolute atomic E-state index is 5.30. The Morgan fingerprint density at radius 3 is 2.95 bits per heavy atom. The Hall–Kier alpha value is -1.52. The van der Waals surface area contributed by atoms with E-state index in [1.54, 1.807) is 7.11 Å². The zero-order chi connectivity index (χ0) is 13.4. The van der Waals surface area contributed by atoms with Crippen molar-refractivity contribution >= 4 is 10.9 Å². The van der Waals surface area contributed by atoms with Crippen molar-refractivity contribution in [3.8, 4) is 5.75 Å². The number of likely N-dealkylation sites (N-methyl/N-ethyl adjacent to an activating group) is 1. The van der Waals surface area contributed by atoms with Crippen LogP contribution in [0.2, 0.25) is 0 Å². The van der Waals surface area contributed by atoms with Crippen molar-refractivity contribution in [1.82, 2.24) is 15.2 Å². The minimum atomic E-state index is 0.441. The van der Waals surface area contributed by atoms with Crippen LogP contribution in [0.5, 0.6) is 5.75 Å². The van der Waals surface area contributed by atoms with Crippen LogP contribution in [0.25, 0.3) is 10.9 Å². The number of H-pyrrole nitrogens is 1. The molecule has 4 nitrogen and oxygen atoms in total. The van der Waals surface area contributed by atoms with Crippen molar-refractivity contribution in [2.75, 3.05) is 33.8 Å². The zero-order valence-corrected chi connectivity index (χ0v) is 11.8. The van der Waals surface area contributed by atoms with Crippen LogP contribution in [0, 0.1) is 6.92 Å². The van der Waals surface area contributed by atoms with Gasteiger partial charge in [-0.15, -0.1) is 0 Å². The van der Waals surface area contributed by atoms with Gasteiger partial charge in [0.1, 0.15) is 5.75 Å². The summed E-state index contributed by atoms with van der Waals surface area (Å²) in [5, 5.41) is 4.79. The summed E-state index contributed by atoms with van der Waals surface area (Å²) in [6.45, 7) is 5.33. The first kappa shape index (κ1) is 12.5. The number of fused-ring (bicyclic) bond motifs is 1. The fraction of sp³-hybridized carbons (Fsp3) is 0.467. The fourth-order valence-electron chi connectivity index (χ4n) is 3.02. The number of nitrogens with zero attached hydrogens (tertiary/aromatic N) is 1. The van der Waals surface area contributed by atoms with Crippen LogP contribution in [-0.2, 0) is 0 Å². The molecule has 1 fully saturated rings. The van der Waals surface area contributed by atoms with Crippen molar-refractivity contribution < 1.29 is 4.74 Å². The Morgan fingerprint density at radius 2 is 2.21 bits per heavy atom. The molecule has 0 amide bonds. The van der Waals surface area contributed by atoms with Gasteiger partial charge in [-0.05, 0) is 31.7 Å². The predicted molar refractivity (Wildman–Crippen MR) is 77.8 cm³/mol. The van der Waals surface area contributed by atoms with Crippen LogP contribution in [-0.4, -0.2) is 43.7 Å². The predicted octanol–water partition coefficient (Wildman–Crippen LogP) is 2.06. The van der Waals surface area contributed by atoms with Gasteiger partial charge >= 0.3 is 0 Å². The molecule has 1 aliphatic heterocycles. The van der Waals surface area contributed by atoms with Crippen molar-refractivity contribution in [2.45, 2.75) is 13.0 Å².